The molecule has 4 aliphatic carbocycles. The van der Waals surface area contributed by atoms with Gasteiger partial charge in [0.25, 0.3) is 0 Å². The SMILES string of the molecule is C[C@@H]1[C@H](CN(C)[C@H](C)c2ccc3ccccc3c2)O[C@H](c2ccc(-c3ccccc3CNC(=O)NC34CC5CC(CC(C5)C3)C4)cc2)O[C@@H]1c1ccc(CO)cc1. The standard InChI is InChI=1S/C50H57N3O4/c1-32-46(30-53(3)33(2)42-21-16-38-8-4-5-9-43(38)25-42)56-48(57-47(32)40-14-12-34(31-54)13-15-40)41-19-17-39(18-20-41)45-11-7-6-10-44(45)29-51-49(55)52-50-26-35-22-36(27-50)24-37(23-35)28-50/h4-21,25,32-33,35-37,46-48,54H,22-24,26-31H2,1-3H3,(H2,51,52,55)/t32-,33-,35?,36?,37?,46+,47+,48+,50?/m1/s1. The van der Waals surface area contributed by atoms with Crippen molar-refractivity contribution in [1.82, 2.24) is 15.5 Å². The Bertz CT molecular complexity index is 2150. The van der Waals surface area contributed by atoms with E-state index in [0.29, 0.717) is 6.54 Å². The van der Waals surface area contributed by atoms with Crippen LogP contribution in [0.15, 0.2) is 115 Å². The van der Waals surface area contributed by atoms with Crippen molar-refractivity contribution in [2.45, 2.75) is 95.6 Å². The highest BCUT2D eigenvalue weighted by molar-refractivity contribution is 5.83. The van der Waals surface area contributed by atoms with E-state index in [1.54, 1.807) is 0 Å². The number of nitrogens with zero attached hydrogens (tertiary/aromatic N) is 1. The number of hydrogen-bond acceptors (Lipinski definition) is 5. The summed E-state index contributed by atoms with van der Waals surface area (Å²) in [5.41, 5.74) is 7.45. The number of carbonyl (C=O) groups excluding carboxylic acids is 1. The molecule has 4 saturated carbocycles. The van der Waals surface area contributed by atoms with Gasteiger partial charge >= 0.3 is 6.03 Å². The Morgan fingerprint density at radius 3 is 2.16 bits per heavy atom. The van der Waals surface area contributed by atoms with Crippen molar-refractivity contribution in [3.8, 4) is 11.1 Å². The molecule has 5 fully saturated rings. The quantitative estimate of drug-likeness (QED) is 0.125. The van der Waals surface area contributed by atoms with E-state index in [9.17, 15) is 9.90 Å². The fraction of sp³-hybridized carbons (Fsp3) is 0.420. The van der Waals surface area contributed by atoms with Gasteiger partial charge in [0.2, 0.25) is 0 Å². The Morgan fingerprint density at radius 2 is 1.46 bits per heavy atom. The molecule has 10 rings (SSSR count). The van der Waals surface area contributed by atoms with E-state index in [1.165, 1.54) is 35.6 Å². The first-order chi connectivity index (χ1) is 27.7. The third-order valence-electron chi connectivity index (χ3n) is 13.9. The normalized spacial score (nSPS) is 28.4. The third-order valence-corrected chi connectivity index (χ3v) is 13.9. The molecule has 5 aromatic carbocycles. The number of aliphatic hydroxyl groups excluding tert-OH is 1. The molecule has 5 aliphatic rings. The molecule has 1 saturated heterocycles. The molecule has 0 radical (unpaired) electrons. The fourth-order valence-electron chi connectivity index (χ4n) is 11.0. The number of aliphatic hydroxyl groups is 1. The van der Waals surface area contributed by atoms with E-state index >= 15 is 0 Å². The highest BCUT2D eigenvalue weighted by Gasteiger charge is 2.51. The summed E-state index contributed by atoms with van der Waals surface area (Å²) in [7, 11) is 2.18. The summed E-state index contributed by atoms with van der Waals surface area (Å²) in [6.45, 7) is 5.69. The summed E-state index contributed by atoms with van der Waals surface area (Å²) >= 11 is 0. The summed E-state index contributed by atoms with van der Waals surface area (Å²) in [6, 6.07) is 40.4. The largest absolute Gasteiger partial charge is 0.392 e. The van der Waals surface area contributed by atoms with E-state index in [1.807, 2.05) is 18.2 Å². The number of hydrogen-bond donors (Lipinski definition) is 3. The maximum absolute atomic E-state index is 13.3. The number of urea groups is 1. The van der Waals surface area contributed by atoms with Gasteiger partial charge in [0, 0.05) is 36.2 Å². The van der Waals surface area contributed by atoms with Gasteiger partial charge in [0.05, 0.1) is 18.8 Å². The summed E-state index contributed by atoms with van der Waals surface area (Å²) in [5, 5.41) is 18.9. The van der Waals surface area contributed by atoms with Crippen LogP contribution >= 0.6 is 0 Å². The summed E-state index contributed by atoms with van der Waals surface area (Å²) in [6.07, 6.45) is 6.64. The van der Waals surface area contributed by atoms with Crippen LogP contribution in [0.4, 0.5) is 4.79 Å². The van der Waals surface area contributed by atoms with E-state index in [2.05, 4.69) is 133 Å². The molecule has 0 aromatic heterocycles. The molecule has 3 N–H and O–H groups in total. The van der Waals surface area contributed by atoms with E-state index in [4.69, 9.17) is 9.47 Å². The first-order valence-electron chi connectivity index (χ1n) is 21.2. The lowest BCUT2D eigenvalue weighted by Gasteiger charge is -2.56. The Balaban J connectivity index is 0.906. The van der Waals surface area contributed by atoms with Gasteiger partial charge in [-0.25, -0.2) is 4.79 Å². The van der Waals surface area contributed by atoms with Gasteiger partial charge in [-0.15, -0.1) is 0 Å². The molecule has 4 bridgehead atoms. The van der Waals surface area contributed by atoms with Gasteiger partial charge in [-0.3, -0.25) is 4.90 Å². The molecular weight excluding hydrogens is 707 g/mol. The summed E-state index contributed by atoms with van der Waals surface area (Å²) in [4.78, 5) is 15.7. The Morgan fingerprint density at radius 1 is 0.807 bits per heavy atom. The molecule has 2 amide bonds. The average Bonchev–Trinajstić information content (AvgIpc) is 3.22. The van der Waals surface area contributed by atoms with Crippen LogP contribution in [-0.2, 0) is 22.6 Å². The predicted octanol–water partition coefficient (Wildman–Crippen LogP) is 10.3. The molecular formula is C50H57N3O4. The Hall–Kier alpha value is -4.53. The van der Waals surface area contributed by atoms with Crippen molar-refractivity contribution in [3.63, 3.8) is 0 Å². The number of likely N-dealkylation sites (N-methyl/N-ethyl adjacent to an activating group) is 1. The second-order valence-electron chi connectivity index (χ2n) is 17.8. The van der Waals surface area contributed by atoms with Crippen molar-refractivity contribution < 1.29 is 19.4 Å². The predicted molar refractivity (Wildman–Crippen MR) is 226 cm³/mol. The molecule has 5 aromatic rings. The molecule has 1 heterocycles. The van der Waals surface area contributed by atoms with Gasteiger partial charge in [0.15, 0.2) is 6.29 Å². The number of nitrogens with one attached hydrogen (secondary N) is 2. The number of fused-ring (bicyclic) bond motifs is 1. The molecule has 7 nitrogen and oxygen atoms in total. The summed E-state index contributed by atoms with van der Waals surface area (Å²) < 4.78 is 13.7. The van der Waals surface area contributed by atoms with Gasteiger partial charge in [-0.2, -0.15) is 0 Å². The molecule has 1 aliphatic heterocycles. The molecule has 7 heteroatoms. The van der Waals surface area contributed by atoms with Crippen LogP contribution in [0, 0.1) is 23.7 Å². The summed E-state index contributed by atoms with van der Waals surface area (Å²) in [5.74, 6) is 2.43. The maximum atomic E-state index is 13.3. The number of benzene rings is 5. The molecule has 0 spiro atoms. The maximum Gasteiger partial charge on any atom is 0.315 e. The van der Waals surface area contributed by atoms with E-state index in [0.717, 1.165) is 76.9 Å². The van der Waals surface area contributed by atoms with Crippen molar-refractivity contribution in [1.29, 1.82) is 0 Å². The first-order valence-corrected chi connectivity index (χ1v) is 21.2. The number of amides is 2. The second kappa shape index (κ2) is 16.0. The van der Waals surface area contributed by atoms with Gasteiger partial charge in [-0.05, 0) is 120 Å². The minimum absolute atomic E-state index is 0.00769. The van der Waals surface area contributed by atoms with Crippen LogP contribution in [0.3, 0.4) is 0 Å². The number of carbonyl (C=O) groups is 1. The zero-order valence-corrected chi connectivity index (χ0v) is 33.6. The fourth-order valence-corrected chi connectivity index (χ4v) is 11.0. The first kappa shape index (κ1) is 38.0. The smallest absolute Gasteiger partial charge is 0.315 e. The average molecular weight is 764 g/mol. The second-order valence-corrected chi connectivity index (χ2v) is 17.8. The van der Waals surface area contributed by atoms with Crippen molar-refractivity contribution in [2.75, 3.05) is 13.6 Å². The van der Waals surface area contributed by atoms with E-state index < -0.39 is 6.29 Å². The highest BCUT2D eigenvalue weighted by atomic mass is 16.7. The zero-order valence-electron chi connectivity index (χ0n) is 33.6. The third kappa shape index (κ3) is 8.00. The number of rotatable bonds is 11. The lowest BCUT2D eigenvalue weighted by Crippen LogP contribution is -2.61. The number of ether oxygens (including phenoxy) is 2. The lowest BCUT2D eigenvalue weighted by molar-refractivity contribution is -0.276. The van der Waals surface area contributed by atoms with Crippen LogP contribution in [0.1, 0.15) is 98.6 Å². The van der Waals surface area contributed by atoms with Crippen LogP contribution in [-0.4, -0.2) is 41.3 Å². The van der Waals surface area contributed by atoms with Crippen LogP contribution in [0.2, 0.25) is 0 Å². The molecule has 57 heavy (non-hydrogen) atoms. The van der Waals surface area contributed by atoms with Gasteiger partial charge in [-0.1, -0.05) is 116 Å². The monoisotopic (exact) mass is 763 g/mol. The lowest BCUT2D eigenvalue weighted by atomic mass is 9.53. The molecule has 296 valence electrons. The van der Waals surface area contributed by atoms with Crippen LogP contribution in [0.25, 0.3) is 21.9 Å². The van der Waals surface area contributed by atoms with E-state index in [-0.39, 0.29) is 42.3 Å². The van der Waals surface area contributed by atoms with Crippen molar-refractivity contribution in [3.05, 3.63) is 143 Å². The minimum atomic E-state index is -0.558. The molecule has 0 unspecified atom stereocenters. The molecule has 5 atom stereocenters. The Labute approximate surface area is 337 Å². The van der Waals surface area contributed by atoms with Gasteiger partial charge in [0.1, 0.15) is 0 Å². The topological polar surface area (TPSA) is 83.1 Å². The van der Waals surface area contributed by atoms with Gasteiger partial charge < -0.3 is 25.2 Å². The van der Waals surface area contributed by atoms with Crippen molar-refractivity contribution >= 4 is 16.8 Å². The van der Waals surface area contributed by atoms with Crippen LogP contribution in [0.5, 0.6) is 0 Å². The zero-order chi connectivity index (χ0) is 39.1. The minimum Gasteiger partial charge on any atom is -0.392 e. The van der Waals surface area contributed by atoms with Crippen molar-refractivity contribution in [2.24, 2.45) is 23.7 Å². The van der Waals surface area contributed by atoms with Crippen LogP contribution < -0.4 is 10.6 Å². The Kier molecular flexibility index (Phi) is 10.7. The highest BCUT2D eigenvalue weighted by Crippen LogP contribution is 2.55.